The first kappa shape index (κ1) is 23.2. The van der Waals surface area contributed by atoms with Crippen LogP contribution in [-0.4, -0.2) is 62.1 Å². The van der Waals surface area contributed by atoms with Crippen LogP contribution in [0, 0.1) is 5.92 Å². The van der Waals surface area contributed by atoms with E-state index < -0.39 is 18.2 Å². The molecular weight excluding hydrogens is 439 g/mol. The van der Waals surface area contributed by atoms with Gasteiger partial charge in [0.2, 0.25) is 5.95 Å². The Morgan fingerprint density at radius 1 is 1.24 bits per heavy atom. The Balaban J connectivity index is 1.57. The fraction of sp³-hybridized carbons (Fsp3) is 0.524. The van der Waals surface area contributed by atoms with Gasteiger partial charge >= 0.3 is 6.18 Å². The SMILES string of the molecule is CO[C@H]1CCN(c2nccc(Nc3cc4c(cn3)nc(CO)n4C(C)C)n2)C[C@@H]1C(F)(F)F. The van der Waals surface area contributed by atoms with E-state index in [0.717, 1.165) is 5.52 Å². The maximum atomic E-state index is 13.5. The van der Waals surface area contributed by atoms with Crippen molar-refractivity contribution in [1.29, 1.82) is 0 Å². The molecule has 0 amide bonds. The third-order valence-corrected chi connectivity index (χ3v) is 5.76. The Bertz CT molecular complexity index is 1120. The Morgan fingerprint density at radius 3 is 2.70 bits per heavy atom. The zero-order valence-corrected chi connectivity index (χ0v) is 18.5. The molecule has 0 saturated carbocycles. The van der Waals surface area contributed by atoms with E-state index in [-0.39, 0.29) is 31.6 Å². The highest BCUT2D eigenvalue weighted by Gasteiger charge is 2.48. The van der Waals surface area contributed by atoms with Gasteiger partial charge in [-0.2, -0.15) is 18.2 Å². The molecular formula is C21H26F3N7O2. The minimum atomic E-state index is -4.37. The first-order chi connectivity index (χ1) is 15.7. The van der Waals surface area contributed by atoms with Gasteiger partial charge in [-0.05, 0) is 26.3 Å². The fourth-order valence-electron chi connectivity index (χ4n) is 4.21. The first-order valence-corrected chi connectivity index (χ1v) is 10.6. The summed E-state index contributed by atoms with van der Waals surface area (Å²) in [5.74, 6) is 0.0335. The molecule has 178 valence electrons. The lowest BCUT2D eigenvalue weighted by Crippen LogP contribution is -2.50. The number of piperidine rings is 1. The van der Waals surface area contributed by atoms with Crippen molar-refractivity contribution in [1.82, 2.24) is 24.5 Å². The molecule has 0 bridgehead atoms. The van der Waals surface area contributed by atoms with Crippen LogP contribution < -0.4 is 10.2 Å². The summed E-state index contributed by atoms with van der Waals surface area (Å²) in [7, 11) is 1.30. The summed E-state index contributed by atoms with van der Waals surface area (Å²) in [6.07, 6.45) is -1.93. The van der Waals surface area contributed by atoms with Crippen molar-refractivity contribution in [3.8, 4) is 0 Å². The second kappa shape index (κ2) is 9.10. The average Bonchev–Trinajstić information content (AvgIpc) is 3.16. The van der Waals surface area contributed by atoms with Crippen molar-refractivity contribution in [2.45, 2.75) is 45.2 Å². The summed E-state index contributed by atoms with van der Waals surface area (Å²) in [5, 5.41) is 12.7. The molecule has 9 nitrogen and oxygen atoms in total. The molecule has 0 aliphatic carbocycles. The van der Waals surface area contributed by atoms with Gasteiger partial charge in [-0.1, -0.05) is 0 Å². The van der Waals surface area contributed by atoms with Crippen LogP contribution >= 0.6 is 0 Å². The number of nitrogens with one attached hydrogen (secondary N) is 1. The molecule has 0 radical (unpaired) electrons. The fourth-order valence-corrected chi connectivity index (χ4v) is 4.21. The maximum Gasteiger partial charge on any atom is 0.395 e. The Kier molecular flexibility index (Phi) is 6.39. The number of hydrogen-bond acceptors (Lipinski definition) is 8. The normalized spacial score (nSPS) is 19.5. The molecule has 1 aliphatic rings. The zero-order valence-electron chi connectivity index (χ0n) is 18.5. The molecule has 3 aromatic rings. The van der Waals surface area contributed by atoms with Gasteiger partial charge in [-0.3, -0.25) is 0 Å². The van der Waals surface area contributed by atoms with Crippen LogP contribution in [0.5, 0.6) is 0 Å². The highest BCUT2D eigenvalue weighted by molar-refractivity contribution is 5.79. The van der Waals surface area contributed by atoms with Crippen LogP contribution in [0.1, 0.15) is 32.1 Å². The van der Waals surface area contributed by atoms with Crippen molar-refractivity contribution >= 4 is 28.6 Å². The second-order valence-corrected chi connectivity index (χ2v) is 8.23. The highest BCUT2D eigenvalue weighted by Crippen LogP contribution is 2.36. The van der Waals surface area contributed by atoms with Gasteiger partial charge in [0.15, 0.2) is 0 Å². The van der Waals surface area contributed by atoms with Crippen molar-refractivity contribution in [2.24, 2.45) is 5.92 Å². The van der Waals surface area contributed by atoms with Crippen molar-refractivity contribution in [2.75, 3.05) is 30.4 Å². The quantitative estimate of drug-likeness (QED) is 0.571. The number of aliphatic hydroxyl groups excluding tert-OH is 1. The predicted octanol–water partition coefficient (Wildman–Crippen LogP) is 3.44. The number of halogens is 3. The van der Waals surface area contributed by atoms with E-state index in [1.807, 2.05) is 18.4 Å². The third-order valence-electron chi connectivity index (χ3n) is 5.76. The number of anilines is 3. The average molecular weight is 465 g/mol. The van der Waals surface area contributed by atoms with E-state index in [9.17, 15) is 18.3 Å². The third kappa shape index (κ3) is 4.71. The van der Waals surface area contributed by atoms with Crippen LogP contribution in [-0.2, 0) is 11.3 Å². The minimum Gasteiger partial charge on any atom is -0.388 e. The topological polar surface area (TPSA) is 101 Å². The molecule has 4 rings (SSSR count). The Hall–Kier alpha value is -2.99. The number of ether oxygens (including phenoxy) is 1. The molecule has 2 N–H and O–H groups in total. The molecule has 1 saturated heterocycles. The van der Waals surface area contributed by atoms with Gasteiger partial charge in [-0.15, -0.1) is 0 Å². The number of aliphatic hydroxyl groups is 1. The summed E-state index contributed by atoms with van der Waals surface area (Å²) in [5.41, 5.74) is 1.45. The summed E-state index contributed by atoms with van der Waals surface area (Å²) in [6.45, 7) is 3.88. The molecule has 0 unspecified atom stereocenters. The summed E-state index contributed by atoms with van der Waals surface area (Å²) in [4.78, 5) is 18.9. The number of pyridine rings is 1. The van der Waals surface area contributed by atoms with Gasteiger partial charge in [0.05, 0.1) is 23.7 Å². The van der Waals surface area contributed by atoms with E-state index in [2.05, 4.69) is 25.3 Å². The second-order valence-electron chi connectivity index (χ2n) is 8.23. The molecule has 4 heterocycles. The number of aromatic nitrogens is 5. The first-order valence-electron chi connectivity index (χ1n) is 10.6. The number of methoxy groups -OCH3 is 1. The predicted molar refractivity (Wildman–Crippen MR) is 116 cm³/mol. The van der Waals surface area contributed by atoms with Crippen molar-refractivity contribution in [3.05, 3.63) is 30.4 Å². The van der Waals surface area contributed by atoms with E-state index in [0.29, 0.717) is 29.5 Å². The largest absolute Gasteiger partial charge is 0.395 e. The van der Waals surface area contributed by atoms with Crippen LogP contribution in [0.3, 0.4) is 0 Å². The van der Waals surface area contributed by atoms with Crippen LogP contribution in [0.15, 0.2) is 24.5 Å². The van der Waals surface area contributed by atoms with Gasteiger partial charge in [0.25, 0.3) is 0 Å². The Morgan fingerprint density at radius 2 is 2.03 bits per heavy atom. The summed E-state index contributed by atoms with van der Waals surface area (Å²) < 4.78 is 47.4. The van der Waals surface area contributed by atoms with Crippen LogP contribution in [0.25, 0.3) is 11.0 Å². The molecule has 1 aliphatic heterocycles. The van der Waals surface area contributed by atoms with Crippen molar-refractivity contribution in [3.63, 3.8) is 0 Å². The smallest absolute Gasteiger partial charge is 0.388 e. The van der Waals surface area contributed by atoms with Gasteiger partial charge in [0, 0.05) is 38.5 Å². The number of hydrogen-bond donors (Lipinski definition) is 2. The molecule has 1 fully saturated rings. The lowest BCUT2D eigenvalue weighted by molar-refractivity contribution is -0.205. The van der Waals surface area contributed by atoms with Crippen molar-refractivity contribution < 1.29 is 23.0 Å². The van der Waals surface area contributed by atoms with E-state index in [1.54, 1.807) is 18.3 Å². The lowest BCUT2D eigenvalue weighted by atomic mass is 9.94. The number of fused-ring (bicyclic) bond motifs is 1. The number of imidazole rings is 1. The zero-order chi connectivity index (χ0) is 23.8. The molecule has 0 aromatic carbocycles. The van der Waals surface area contributed by atoms with Gasteiger partial charge in [-0.25, -0.2) is 15.0 Å². The molecule has 33 heavy (non-hydrogen) atoms. The van der Waals surface area contributed by atoms with E-state index in [1.165, 1.54) is 18.2 Å². The monoisotopic (exact) mass is 465 g/mol. The number of nitrogens with zero attached hydrogens (tertiary/aromatic N) is 6. The maximum absolute atomic E-state index is 13.5. The van der Waals surface area contributed by atoms with Crippen LogP contribution in [0.2, 0.25) is 0 Å². The summed E-state index contributed by atoms with van der Waals surface area (Å²) in [6, 6.07) is 3.50. The molecule has 0 spiro atoms. The molecule has 2 atom stereocenters. The van der Waals surface area contributed by atoms with E-state index in [4.69, 9.17) is 4.74 Å². The highest BCUT2D eigenvalue weighted by atomic mass is 19.4. The molecule has 3 aromatic heterocycles. The number of alkyl halides is 3. The lowest BCUT2D eigenvalue weighted by Gasteiger charge is -2.38. The number of rotatable bonds is 6. The van der Waals surface area contributed by atoms with Gasteiger partial charge < -0.3 is 24.6 Å². The van der Waals surface area contributed by atoms with Crippen LogP contribution in [0.4, 0.5) is 30.8 Å². The van der Waals surface area contributed by atoms with E-state index >= 15 is 0 Å². The Labute approximate surface area is 188 Å². The minimum absolute atomic E-state index is 0.0784. The van der Waals surface area contributed by atoms with Gasteiger partial charge in [0.1, 0.15) is 29.6 Å². The standard InChI is InChI=1S/C21H26F3N7O2/c1-12(2)31-15-8-18(26-9-14(15)27-19(31)11-32)28-17-4-6-25-20(29-17)30-7-5-16(33-3)13(10-30)21(22,23)24/h4,6,8-9,12-13,16,32H,5,7,10-11H2,1-3H3,(H,25,26,28,29)/t13-,16-/m0/s1. The summed E-state index contributed by atoms with van der Waals surface area (Å²) >= 11 is 0. The molecule has 12 heteroatoms.